The van der Waals surface area contributed by atoms with Gasteiger partial charge in [0.2, 0.25) is 5.91 Å². The van der Waals surface area contributed by atoms with Gasteiger partial charge in [-0.2, -0.15) is 0 Å². The quantitative estimate of drug-likeness (QED) is 0.837. The van der Waals surface area contributed by atoms with Crippen LogP contribution in [0.25, 0.3) is 0 Å². The van der Waals surface area contributed by atoms with Crippen molar-refractivity contribution in [2.75, 3.05) is 52.5 Å². The third-order valence-electron chi connectivity index (χ3n) is 5.31. The minimum atomic E-state index is -0.437. The van der Waals surface area contributed by atoms with Gasteiger partial charge in [0, 0.05) is 45.8 Å². The Kier molecular flexibility index (Phi) is 6.68. The smallest absolute Gasteiger partial charge is 0.318 e. The zero-order chi connectivity index (χ0) is 19.2. The molecular weight excluding hydrogens is 344 g/mol. The lowest BCUT2D eigenvalue weighted by Crippen LogP contribution is -2.59. The standard InChI is InChI=1S/C20H30N4O3/c1-16-3-5-18(6-4-16)15-23-9-10-24(17(2)19(23)25)20(26)21-7-8-22-11-13-27-14-12-22/h3-6,17H,7-15H2,1-2H3,(H,21,26). The Labute approximate surface area is 161 Å². The number of carbonyl (C=O) groups is 2. The molecule has 2 aliphatic heterocycles. The number of nitrogens with one attached hydrogen (secondary N) is 1. The highest BCUT2D eigenvalue weighted by molar-refractivity contribution is 5.88. The van der Waals surface area contributed by atoms with E-state index in [4.69, 9.17) is 4.74 Å². The van der Waals surface area contributed by atoms with Crippen molar-refractivity contribution in [3.8, 4) is 0 Å². The van der Waals surface area contributed by atoms with Crippen molar-refractivity contribution in [1.29, 1.82) is 0 Å². The molecule has 3 rings (SSSR count). The number of rotatable bonds is 5. The van der Waals surface area contributed by atoms with E-state index in [-0.39, 0.29) is 11.9 Å². The second kappa shape index (κ2) is 9.19. The maximum atomic E-state index is 12.7. The molecule has 0 aromatic heterocycles. The summed E-state index contributed by atoms with van der Waals surface area (Å²) in [5.41, 5.74) is 2.32. The van der Waals surface area contributed by atoms with Gasteiger partial charge in [0.15, 0.2) is 0 Å². The van der Waals surface area contributed by atoms with Crippen LogP contribution in [0.5, 0.6) is 0 Å². The lowest BCUT2D eigenvalue weighted by molar-refractivity contribution is -0.139. The largest absolute Gasteiger partial charge is 0.379 e. The minimum absolute atomic E-state index is 0.00477. The average molecular weight is 374 g/mol. The van der Waals surface area contributed by atoms with Crippen molar-refractivity contribution in [2.24, 2.45) is 0 Å². The number of benzene rings is 1. The van der Waals surface area contributed by atoms with Gasteiger partial charge in [-0.25, -0.2) is 4.79 Å². The summed E-state index contributed by atoms with van der Waals surface area (Å²) in [7, 11) is 0. The highest BCUT2D eigenvalue weighted by Crippen LogP contribution is 2.15. The summed E-state index contributed by atoms with van der Waals surface area (Å²) in [5, 5.41) is 2.96. The van der Waals surface area contributed by atoms with Crippen LogP contribution >= 0.6 is 0 Å². The monoisotopic (exact) mass is 374 g/mol. The second-order valence-electron chi connectivity index (χ2n) is 7.30. The number of aryl methyl sites for hydroxylation is 1. The van der Waals surface area contributed by atoms with Crippen molar-refractivity contribution in [3.63, 3.8) is 0 Å². The highest BCUT2D eigenvalue weighted by Gasteiger charge is 2.34. The van der Waals surface area contributed by atoms with E-state index >= 15 is 0 Å². The lowest BCUT2D eigenvalue weighted by Gasteiger charge is -2.39. The summed E-state index contributed by atoms with van der Waals surface area (Å²) in [6, 6.07) is 7.63. The zero-order valence-electron chi connectivity index (χ0n) is 16.3. The molecule has 0 saturated carbocycles. The molecule has 2 saturated heterocycles. The van der Waals surface area contributed by atoms with Crippen LogP contribution in [0.2, 0.25) is 0 Å². The number of piperazine rings is 1. The molecule has 2 aliphatic rings. The first-order valence-corrected chi connectivity index (χ1v) is 9.73. The predicted molar refractivity (Wildman–Crippen MR) is 103 cm³/mol. The van der Waals surface area contributed by atoms with Crippen LogP contribution in [0.4, 0.5) is 4.79 Å². The van der Waals surface area contributed by atoms with Crippen LogP contribution < -0.4 is 5.32 Å². The van der Waals surface area contributed by atoms with Gasteiger partial charge in [-0.05, 0) is 19.4 Å². The van der Waals surface area contributed by atoms with Gasteiger partial charge in [-0.3, -0.25) is 9.69 Å². The Bertz CT molecular complexity index is 643. The molecule has 2 fully saturated rings. The number of nitrogens with zero attached hydrogens (tertiary/aromatic N) is 3. The maximum Gasteiger partial charge on any atom is 0.318 e. The predicted octanol–water partition coefficient (Wildman–Crippen LogP) is 1.07. The van der Waals surface area contributed by atoms with Crippen LogP contribution in [0.1, 0.15) is 18.1 Å². The first-order chi connectivity index (χ1) is 13.0. The zero-order valence-corrected chi connectivity index (χ0v) is 16.3. The van der Waals surface area contributed by atoms with E-state index in [1.165, 1.54) is 5.56 Å². The first kappa shape index (κ1) is 19.6. The van der Waals surface area contributed by atoms with Crippen molar-refractivity contribution in [2.45, 2.75) is 26.4 Å². The van der Waals surface area contributed by atoms with Gasteiger partial charge in [-0.1, -0.05) is 29.8 Å². The molecule has 7 heteroatoms. The Balaban J connectivity index is 1.46. The molecule has 7 nitrogen and oxygen atoms in total. The number of morpholine rings is 1. The number of hydrogen-bond donors (Lipinski definition) is 1. The summed E-state index contributed by atoms with van der Waals surface area (Å²) < 4.78 is 5.33. The average Bonchev–Trinajstić information content (AvgIpc) is 2.68. The Morgan fingerprint density at radius 3 is 2.56 bits per heavy atom. The minimum Gasteiger partial charge on any atom is -0.379 e. The SMILES string of the molecule is Cc1ccc(CN2CCN(C(=O)NCCN3CCOCC3)C(C)C2=O)cc1. The molecule has 1 aromatic rings. The number of urea groups is 1. The fraction of sp³-hybridized carbons (Fsp3) is 0.600. The van der Waals surface area contributed by atoms with Crippen molar-refractivity contribution >= 4 is 11.9 Å². The molecule has 1 atom stereocenters. The number of carbonyl (C=O) groups excluding carboxylic acids is 2. The molecule has 1 unspecified atom stereocenters. The molecular formula is C20H30N4O3. The molecule has 0 radical (unpaired) electrons. The van der Waals surface area contributed by atoms with E-state index in [1.807, 2.05) is 18.7 Å². The summed E-state index contributed by atoms with van der Waals surface area (Å²) >= 11 is 0. The summed E-state index contributed by atoms with van der Waals surface area (Å²) in [4.78, 5) is 31.0. The first-order valence-electron chi connectivity index (χ1n) is 9.73. The molecule has 0 aliphatic carbocycles. The van der Waals surface area contributed by atoms with E-state index in [0.29, 0.717) is 26.2 Å². The third kappa shape index (κ3) is 5.20. The van der Waals surface area contributed by atoms with E-state index in [0.717, 1.165) is 38.4 Å². The second-order valence-corrected chi connectivity index (χ2v) is 7.30. The Hall–Kier alpha value is -2.12. The van der Waals surface area contributed by atoms with Crippen LogP contribution in [-0.2, 0) is 16.1 Å². The van der Waals surface area contributed by atoms with E-state index in [2.05, 4.69) is 34.5 Å². The fourth-order valence-electron chi connectivity index (χ4n) is 3.53. The molecule has 1 aromatic carbocycles. The van der Waals surface area contributed by atoms with Gasteiger partial charge >= 0.3 is 6.03 Å². The Morgan fingerprint density at radius 2 is 1.85 bits per heavy atom. The molecule has 148 valence electrons. The van der Waals surface area contributed by atoms with Crippen LogP contribution in [0.15, 0.2) is 24.3 Å². The fourth-order valence-corrected chi connectivity index (χ4v) is 3.53. The van der Waals surface area contributed by atoms with Gasteiger partial charge in [0.25, 0.3) is 0 Å². The molecule has 27 heavy (non-hydrogen) atoms. The summed E-state index contributed by atoms with van der Waals surface area (Å²) in [6.07, 6.45) is 0. The van der Waals surface area contributed by atoms with Gasteiger partial charge in [0.05, 0.1) is 13.2 Å². The molecule has 0 spiro atoms. The Morgan fingerprint density at radius 1 is 1.15 bits per heavy atom. The number of hydrogen-bond acceptors (Lipinski definition) is 4. The molecule has 2 heterocycles. The van der Waals surface area contributed by atoms with Crippen LogP contribution in [-0.4, -0.2) is 85.2 Å². The van der Waals surface area contributed by atoms with E-state index in [9.17, 15) is 9.59 Å². The number of amides is 3. The lowest BCUT2D eigenvalue weighted by atomic mass is 10.1. The van der Waals surface area contributed by atoms with Crippen molar-refractivity contribution in [3.05, 3.63) is 35.4 Å². The van der Waals surface area contributed by atoms with Gasteiger partial charge in [0.1, 0.15) is 6.04 Å². The van der Waals surface area contributed by atoms with Crippen molar-refractivity contribution < 1.29 is 14.3 Å². The van der Waals surface area contributed by atoms with Crippen molar-refractivity contribution in [1.82, 2.24) is 20.0 Å². The highest BCUT2D eigenvalue weighted by atomic mass is 16.5. The van der Waals surface area contributed by atoms with E-state index < -0.39 is 6.04 Å². The molecule has 1 N–H and O–H groups in total. The molecule has 3 amide bonds. The van der Waals surface area contributed by atoms with Gasteiger partial charge < -0.3 is 19.9 Å². The maximum absolute atomic E-state index is 12.7. The summed E-state index contributed by atoms with van der Waals surface area (Å²) in [5.74, 6) is 0.00477. The summed E-state index contributed by atoms with van der Waals surface area (Å²) in [6.45, 7) is 10.3. The molecule has 0 bridgehead atoms. The van der Waals surface area contributed by atoms with E-state index in [1.54, 1.807) is 4.90 Å². The number of ether oxygens (including phenoxy) is 1. The van der Waals surface area contributed by atoms with Gasteiger partial charge in [-0.15, -0.1) is 0 Å². The third-order valence-corrected chi connectivity index (χ3v) is 5.31. The topological polar surface area (TPSA) is 65.1 Å². The normalized spacial score (nSPS) is 21.4. The van der Waals surface area contributed by atoms with Crippen LogP contribution in [0, 0.1) is 6.92 Å². The van der Waals surface area contributed by atoms with Crippen LogP contribution in [0.3, 0.4) is 0 Å².